The van der Waals surface area contributed by atoms with E-state index in [9.17, 15) is 10.2 Å². The first kappa shape index (κ1) is 12.2. The monoisotopic (exact) mass is 337 g/mol. The molecule has 1 aromatic rings. The van der Waals surface area contributed by atoms with Crippen LogP contribution in [-0.4, -0.2) is 45.2 Å². The van der Waals surface area contributed by atoms with Gasteiger partial charge in [0.2, 0.25) is 0 Å². The second-order valence-corrected chi connectivity index (χ2v) is 4.94. The summed E-state index contributed by atoms with van der Waals surface area (Å²) in [5.41, 5.74) is 0.703. The van der Waals surface area contributed by atoms with Gasteiger partial charge >= 0.3 is 0 Å². The van der Waals surface area contributed by atoms with Gasteiger partial charge in [-0.3, -0.25) is 4.98 Å². The van der Waals surface area contributed by atoms with E-state index in [1.54, 1.807) is 12.4 Å². The standard InChI is InChI=1S/C10H12INO4/c11-6-1-5(2-12-3-6)10-9(15)8(14)7(4-13)16-10/h1-3,7-10,13-15H,4H2/t7-,8-,9-,10+/m1/s1. The van der Waals surface area contributed by atoms with Crippen molar-refractivity contribution < 1.29 is 20.1 Å². The van der Waals surface area contributed by atoms with Crippen molar-refractivity contribution in [3.05, 3.63) is 27.6 Å². The molecule has 0 radical (unpaired) electrons. The molecule has 1 fully saturated rings. The van der Waals surface area contributed by atoms with Crippen LogP contribution in [0.5, 0.6) is 0 Å². The normalized spacial score (nSPS) is 34.2. The van der Waals surface area contributed by atoms with Crippen molar-refractivity contribution in [2.75, 3.05) is 6.61 Å². The number of hydrogen-bond acceptors (Lipinski definition) is 5. The summed E-state index contributed by atoms with van der Waals surface area (Å²) in [7, 11) is 0. The average Bonchev–Trinajstić information content (AvgIpc) is 2.56. The van der Waals surface area contributed by atoms with E-state index >= 15 is 0 Å². The molecule has 0 spiro atoms. The Morgan fingerprint density at radius 1 is 1.31 bits per heavy atom. The summed E-state index contributed by atoms with van der Waals surface area (Å²) in [6.45, 7) is -0.313. The quantitative estimate of drug-likeness (QED) is 0.654. The minimum Gasteiger partial charge on any atom is -0.394 e. The summed E-state index contributed by atoms with van der Waals surface area (Å²) in [6, 6.07) is 1.83. The van der Waals surface area contributed by atoms with Gasteiger partial charge in [0, 0.05) is 21.5 Å². The molecule has 2 heterocycles. The van der Waals surface area contributed by atoms with Crippen LogP contribution in [0, 0.1) is 3.57 Å². The van der Waals surface area contributed by atoms with Crippen molar-refractivity contribution in [1.82, 2.24) is 4.98 Å². The van der Waals surface area contributed by atoms with Gasteiger partial charge in [0.15, 0.2) is 0 Å². The van der Waals surface area contributed by atoms with Gasteiger partial charge in [0.25, 0.3) is 0 Å². The van der Waals surface area contributed by atoms with Crippen molar-refractivity contribution in [2.45, 2.75) is 24.4 Å². The Morgan fingerprint density at radius 2 is 2.06 bits per heavy atom. The Balaban J connectivity index is 2.23. The van der Waals surface area contributed by atoms with Gasteiger partial charge < -0.3 is 20.1 Å². The van der Waals surface area contributed by atoms with Crippen LogP contribution in [-0.2, 0) is 4.74 Å². The maximum Gasteiger partial charge on any atom is 0.113 e. The number of aliphatic hydroxyl groups is 3. The predicted molar refractivity (Wildman–Crippen MR) is 63.7 cm³/mol. The minimum absolute atomic E-state index is 0.313. The van der Waals surface area contributed by atoms with Gasteiger partial charge in [-0.1, -0.05) is 0 Å². The topological polar surface area (TPSA) is 82.8 Å². The van der Waals surface area contributed by atoms with E-state index < -0.39 is 24.4 Å². The fourth-order valence-corrected chi connectivity index (χ4v) is 2.28. The van der Waals surface area contributed by atoms with Crippen molar-refractivity contribution in [3.8, 4) is 0 Å². The second-order valence-electron chi connectivity index (χ2n) is 3.70. The van der Waals surface area contributed by atoms with E-state index in [4.69, 9.17) is 9.84 Å². The van der Waals surface area contributed by atoms with Crippen molar-refractivity contribution in [1.29, 1.82) is 0 Å². The first-order chi connectivity index (χ1) is 7.63. The Morgan fingerprint density at radius 3 is 2.62 bits per heavy atom. The van der Waals surface area contributed by atoms with Crippen molar-refractivity contribution >= 4 is 22.6 Å². The Labute approximate surface area is 106 Å². The number of hydrogen-bond donors (Lipinski definition) is 3. The van der Waals surface area contributed by atoms with Crippen LogP contribution in [0.4, 0.5) is 0 Å². The van der Waals surface area contributed by atoms with Crippen molar-refractivity contribution in [3.63, 3.8) is 0 Å². The Bertz CT molecular complexity index is 376. The zero-order valence-corrected chi connectivity index (χ0v) is 10.5. The Hall–Kier alpha value is -0.280. The highest BCUT2D eigenvalue weighted by molar-refractivity contribution is 14.1. The van der Waals surface area contributed by atoms with E-state index in [0.29, 0.717) is 5.56 Å². The zero-order valence-electron chi connectivity index (χ0n) is 8.32. The van der Waals surface area contributed by atoms with Crippen LogP contribution >= 0.6 is 22.6 Å². The molecule has 0 aliphatic carbocycles. The van der Waals surface area contributed by atoms with Crippen LogP contribution < -0.4 is 0 Å². The van der Waals surface area contributed by atoms with Crippen LogP contribution in [0.2, 0.25) is 0 Å². The molecule has 3 N–H and O–H groups in total. The molecule has 1 saturated heterocycles. The summed E-state index contributed by atoms with van der Waals surface area (Å²) < 4.78 is 6.31. The third-order valence-electron chi connectivity index (χ3n) is 2.60. The third-order valence-corrected chi connectivity index (χ3v) is 3.19. The lowest BCUT2D eigenvalue weighted by Gasteiger charge is -2.14. The smallest absolute Gasteiger partial charge is 0.113 e. The molecule has 2 rings (SSSR count). The molecule has 0 saturated carbocycles. The summed E-state index contributed by atoms with van der Waals surface area (Å²) >= 11 is 2.11. The highest BCUT2D eigenvalue weighted by Crippen LogP contribution is 2.33. The number of aliphatic hydroxyl groups excluding tert-OH is 3. The largest absolute Gasteiger partial charge is 0.394 e. The van der Waals surface area contributed by atoms with E-state index in [2.05, 4.69) is 27.6 Å². The SMILES string of the molecule is OC[C@H]1O[C@@H](c2cncc(I)c2)[C@H](O)[C@@H]1O. The summed E-state index contributed by atoms with van der Waals surface area (Å²) in [6.07, 6.45) is -0.189. The molecule has 0 amide bonds. The van der Waals surface area contributed by atoms with Crippen LogP contribution in [0.1, 0.15) is 11.7 Å². The lowest BCUT2D eigenvalue weighted by atomic mass is 10.0. The van der Waals surface area contributed by atoms with Crippen molar-refractivity contribution in [2.24, 2.45) is 0 Å². The molecule has 0 aromatic carbocycles. The average molecular weight is 337 g/mol. The van der Waals surface area contributed by atoms with Crippen LogP contribution in [0.15, 0.2) is 18.5 Å². The van der Waals surface area contributed by atoms with Gasteiger partial charge in [-0.25, -0.2) is 0 Å². The highest BCUT2D eigenvalue weighted by Gasteiger charge is 2.43. The Kier molecular flexibility index (Phi) is 3.75. The second kappa shape index (κ2) is 4.92. The van der Waals surface area contributed by atoms with Crippen LogP contribution in [0.25, 0.3) is 0 Å². The number of pyridine rings is 1. The van der Waals surface area contributed by atoms with Gasteiger partial charge in [-0.2, -0.15) is 0 Å². The lowest BCUT2D eigenvalue weighted by Crippen LogP contribution is -2.32. The molecule has 0 bridgehead atoms. The highest BCUT2D eigenvalue weighted by atomic mass is 127. The predicted octanol–water partition coefficient (Wildman–Crippen LogP) is -0.160. The maximum absolute atomic E-state index is 9.79. The molecule has 1 aromatic heterocycles. The zero-order chi connectivity index (χ0) is 11.7. The van der Waals surface area contributed by atoms with E-state index in [1.807, 2.05) is 6.07 Å². The fourth-order valence-electron chi connectivity index (χ4n) is 1.76. The lowest BCUT2D eigenvalue weighted by molar-refractivity contribution is -0.0228. The maximum atomic E-state index is 9.79. The number of halogens is 1. The third kappa shape index (κ3) is 2.21. The van der Waals surface area contributed by atoms with Crippen LogP contribution in [0.3, 0.4) is 0 Å². The van der Waals surface area contributed by atoms with Gasteiger partial charge in [0.1, 0.15) is 24.4 Å². The number of nitrogens with zero attached hydrogens (tertiary/aromatic N) is 1. The summed E-state index contributed by atoms with van der Waals surface area (Å²) in [4.78, 5) is 4.00. The van der Waals surface area contributed by atoms with Gasteiger partial charge in [0.05, 0.1) is 6.61 Å². The van der Waals surface area contributed by atoms with Gasteiger partial charge in [-0.05, 0) is 28.7 Å². The molecule has 1 aliphatic heterocycles. The first-order valence-corrected chi connectivity index (χ1v) is 5.94. The number of ether oxygens (including phenoxy) is 1. The molecule has 5 nitrogen and oxygen atoms in total. The molecule has 16 heavy (non-hydrogen) atoms. The van der Waals surface area contributed by atoms with E-state index in [1.165, 1.54) is 0 Å². The molecular weight excluding hydrogens is 325 g/mol. The fraction of sp³-hybridized carbons (Fsp3) is 0.500. The van der Waals surface area contributed by atoms with E-state index in [-0.39, 0.29) is 6.61 Å². The molecular formula is C10H12INO4. The molecule has 1 aliphatic rings. The summed E-state index contributed by atoms with van der Waals surface area (Å²) in [5, 5.41) is 28.3. The minimum atomic E-state index is -1.06. The van der Waals surface area contributed by atoms with E-state index in [0.717, 1.165) is 3.57 Å². The molecule has 0 unspecified atom stereocenters. The molecule has 4 atom stereocenters. The molecule has 6 heteroatoms. The van der Waals surface area contributed by atoms with Gasteiger partial charge in [-0.15, -0.1) is 0 Å². The first-order valence-electron chi connectivity index (χ1n) is 4.86. The summed E-state index contributed by atoms with van der Waals surface area (Å²) in [5.74, 6) is 0. The number of aromatic nitrogens is 1. The number of rotatable bonds is 2. The molecule has 88 valence electrons.